The zero-order valence-corrected chi connectivity index (χ0v) is 15.9. The molecule has 1 aromatic rings. The monoisotopic (exact) mass is 417 g/mol. The summed E-state index contributed by atoms with van der Waals surface area (Å²) < 4.78 is 26.7. The first kappa shape index (κ1) is 19.2. The lowest BCUT2D eigenvalue weighted by Gasteiger charge is -2.22. The van der Waals surface area contributed by atoms with Crippen molar-refractivity contribution in [3.05, 3.63) is 29.3 Å². The van der Waals surface area contributed by atoms with Crippen LogP contribution in [0.4, 0.5) is 4.79 Å². The minimum atomic E-state index is -3.86. The maximum absolute atomic E-state index is 12.3. The molecule has 0 radical (unpaired) electrons. The Morgan fingerprint density at radius 3 is 2.77 bits per heavy atom. The molecule has 8 nitrogen and oxygen atoms in total. The molecule has 1 unspecified atom stereocenters. The summed E-state index contributed by atoms with van der Waals surface area (Å²) in [5.74, 6) is -0.534. The van der Waals surface area contributed by atoms with Crippen molar-refractivity contribution < 1.29 is 22.8 Å². The normalized spacial score (nSPS) is 20.9. The van der Waals surface area contributed by atoms with Gasteiger partial charge in [0.2, 0.25) is 21.8 Å². The van der Waals surface area contributed by atoms with Crippen LogP contribution in [0.5, 0.6) is 0 Å². The van der Waals surface area contributed by atoms with Crippen LogP contribution < -0.4 is 4.72 Å². The Balaban J connectivity index is 1.57. The van der Waals surface area contributed by atoms with E-state index in [9.17, 15) is 22.8 Å². The Hall–Kier alpha value is -1.62. The highest BCUT2D eigenvalue weighted by Crippen LogP contribution is 2.26. The summed E-state index contributed by atoms with van der Waals surface area (Å²) in [5.41, 5.74) is 0. The van der Waals surface area contributed by atoms with E-state index < -0.39 is 22.5 Å². The molecule has 140 valence electrons. The van der Waals surface area contributed by atoms with E-state index in [0.29, 0.717) is 13.0 Å². The molecule has 2 aliphatic rings. The number of carbonyl (C=O) groups is 3. The fourth-order valence-electron chi connectivity index (χ4n) is 2.88. The lowest BCUT2D eigenvalue weighted by Crippen LogP contribution is -2.43. The molecule has 1 N–H and O–H groups in total. The maximum atomic E-state index is 12.3. The number of hydrogen-bond acceptors (Lipinski definition) is 6. The van der Waals surface area contributed by atoms with Crippen LogP contribution in [-0.2, 0) is 19.6 Å². The average molecular weight is 418 g/mol. The molecule has 1 aromatic carbocycles. The number of rotatable bonds is 5. The Labute approximate surface area is 159 Å². The Bertz CT molecular complexity index is 845. The van der Waals surface area contributed by atoms with Crippen molar-refractivity contribution in [2.75, 3.05) is 25.4 Å². The Morgan fingerprint density at radius 1 is 1.35 bits per heavy atom. The lowest BCUT2D eigenvalue weighted by molar-refractivity contribution is -0.130. The number of carbonyl (C=O) groups excluding carboxylic acids is 3. The van der Waals surface area contributed by atoms with E-state index in [0.717, 1.165) is 11.8 Å². The molecule has 0 aliphatic carbocycles. The summed E-state index contributed by atoms with van der Waals surface area (Å²) in [6.07, 6.45) is 0.491. The third kappa shape index (κ3) is 4.03. The van der Waals surface area contributed by atoms with Crippen LogP contribution in [0.1, 0.15) is 6.42 Å². The fraction of sp³-hybridized carbons (Fsp3) is 0.400. The van der Waals surface area contributed by atoms with Crippen molar-refractivity contribution >= 4 is 50.4 Å². The fourth-order valence-corrected chi connectivity index (χ4v) is 4.93. The van der Waals surface area contributed by atoms with Gasteiger partial charge in [0, 0.05) is 18.1 Å². The van der Waals surface area contributed by atoms with Gasteiger partial charge in [0.05, 0.1) is 23.2 Å². The molecule has 2 saturated heterocycles. The number of nitrogens with one attached hydrogen (secondary N) is 1. The minimum absolute atomic E-state index is 0.0256. The predicted octanol–water partition coefficient (Wildman–Crippen LogP) is 0.915. The molecule has 3 amide bonds. The van der Waals surface area contributed by atoms with E-state index in [4.69, 9.17) is 11.6 Å². The van der Waals surface area contributed by atoms with Gasteiger partial charge in [-0.3, -0.25) is 19.3 Å². The first-order chi connectivity index (χ1) is 12.3. The zero-order chi connectivity index (χ0) is 18.9. The number of benzene rings is 1. The van der Waals surface area contributed by atoms with Gasteiger partial charge >= 0.3 is 0 Å². The number of amides is 3. The van der Waals surface area contributed by atoms with Crippen molar-refractivity contribution in [1.29, 1.82) is 0 Å². The smallest absolute Gasteiger partial charge is 0.289 e. The number of likely N-dealkylation sites (tertiary alicyclic amines) is 1. The van der Waals surface area contributed by atoms with Crippen molar-refractivity contribution in [3.63, 3.8) is 0 Å². The van der Waals surface area contributed by atoms with Crippen molar-refractivity contribution in [1.82, 2.24) is 14.5 Å². The zero-order valence-electron chi connectivity index (χ0n) is 13.6. The molecule has 2 aliphatic heterocycles. The predicted molar refractivity (Wildman–Crippen MR) is 96.3 cm³/mol. The van der Waals surface area contributed by atoms with E-state index in [1.165, 1.54) is 28.0 Å². The average Bonchev–Trinajstić information content (AvgIpc) is 3.19. The van der Waals surface area contributed by atoms with E-state index in [1.54, 1.807) is 6.07 Å². The molecule has 2 heterocycles. The number of halogens is 1. The van der Waals surface area contributed by atoms with Crippen LogP contribution in [0.2, 0.25) is 5.02 Å². The van der Waals surface area contributed by atoms with Crippen LogP contribution in [0, 0.1) is 0 Å². The number of thioether (sulfide) groups is 1. The highest BCUT2D eigenvalue weighted by Gasteiger charge is 2.40. The topological polar surface area (TPSA) is 104 Å². The first-order valence-electron chi connectivity index (χ1n) is 7.80. The molecule has 2 fully saturated rings. The van der Waals surface area contributed by atoms with Gasteiger partial charge < -0.3 is 4.90 Å². The van der Waals surface area contributed by atoms with Crippen molar-refractivity contribution in [2.24, 2.45) is 0 Å². The highest BCUT2D eigenvalue weighted by atomic mass is 35.5. The number of imide groups is 1. The first-order valence-corrected chi connectivity index (χ1v) is 10.6. The summed E-state index contributed by atoms with van der Waals surface area (Å²) in [6, 6.07) is 5.38. The maximum Gasteiger partial charge on any atom is 0.289 e. The van der Waals surface area contributed by atoms with Gasteiger partial charge in [-0.25, -0.2) is 13.1 Å². The Morgan fingerprint density at radius 2 is 2.12 bits per heavy atom. The number of hydrogen-bond donors (Lipinski definition) is 1. The molecule has 1 atom stereocenters. The van der Waals surface area contributed by atoms with Crippen LogP contribution in [-0.4, -0.2) is 66.7 Å². The molecule has 3 rings (SSSR count). The molecule has 0 aromatic heterocycles. The van der Waals surface area contributed by atoms with Gasteiger partial charge in [0.25, 0.3) is 5.24 Å². The molecule has 0 spiro atoms. The number of sulfonamides is 1. The third-order valence-electron chi connectivity index (χ3n) is 4.19. The molecule has 0 saturated carbocycles. The van der Waals surface area contributed by atoms with Gasteiger partial charge in [0.1, 0.15) is 0 Å². The SMILES string of the molecule is O=C(CNS(=O)(=O)c1cccc(Cl)c1)N1CCC(N2C(=O)CSC2=O)C1. The second-order valence-electron chi connectivity index (χ2n) is 5.88. The van der Waals surface area contributed by atoms with E-state index >= 15 is 0 Å². The van der Waals surface area contributed by atoms with Gasteiger partial charge in [-0.05, 0) is 24.6 Å². The standard InChI is InChI=1S/C15H16ClN3O5S2/c16-10-2-1-3-12(6-10)26(23,24)17-7-13(20)18-5-4-11(8-18)19-14(21)9-25-15(19)22/h1-3,6,11,17H,4-5,7-9H2. The van der Waals surface area contributed by atoms with Gasteiger partial charge in [-0.2, -0.15) is 0 Å². The van der Waals surface area contributed by atoms with Crippen LogP contribution >= 0.6 is 23.4 Å². The van der Waals surface area contributed by atoms with E-state index in [-0.39, 0.29) is 39.4 Å². The van der Waals surface area contributed by atoms with Crippen molar-refractivity contribution in [2.45, 2.75) is 17.4 Å². The second kappa shape index (κ2) is 7.55. The summed E-state index contributed by atoms with van der Waals surface area (Å²) in [7, 11) is -3.86. The van der Waals surface area contributed by atoms with Crippen LogP contribution in [0.15, 0.2) is 29.2 Å². The van der Waals surface area contributed by atoms with E-state index in [2.05, 4.69) is 4.72 Å². The third-order valence-corrected chi connectivity index (χ3v) is 6.65. The van der Waals surface area contributed by atoms with Crippen LogP contribution in [0.25, 0.3) is 0 Å². The summed E-state index contributed by atoms with van der Waals surface area (Å²) >= 11 is 6.74. The summed E-state index contributed by atoms with van der Waals surface area (Å²) in [6.45, 7) is 0.179. The quantitative estimate of drug-likeness (QED) is 0.763. The molecule has 11 heteroatoms. The van der Waals surface area contributed by atoms with Gasteiger partial charge in [-0.1, -0.05) is 29.4 Å². The largest absolute Gasteiger partial charge is 0.339 e. The molecule has 26 heavy (non-hydrogen) atoms. The lowest BCUT2D eigenvalue weighted by atomic mass is 10.2. The number of nitrogens with zero attached hydrogens (tertiary/aromatic N) is 2. The second-order valence-corrected chi connectivity index (χ2v) is 9.01. The minimum Gasteiger partial charge on any atom is -0.339 e. The molecule has 0 bridgehead atoms. The molecular weight excluding hydrogens is 402 g/mol. The van der Waals surface area contributed by atoms with Gasteiger partial charge in [0.15, 0.2) is 0 Å². The van der Waals surface area contributed by atoms with Gasteiger partial charge in [-0.15, -0.1) is 0 Å². The van der Waals surface area contributed by atoms with E-state index in [1.807, 2.05) is 0 Å². The molecular formula is C15H16ClN3O5S2. The van der Waals surface area contributed by atoms with Crippen molar-refractivity contribution in [3.8, 4) is 0 Å². The summed E-state index contributed by atoms with van der Waals surface area (Å²) in [4.78, 5) is 38.4. The summed E-state index contributed by atoms with van der Waals surface area (Å²) in [5, 5.41) is -0.0182. The van der Waals surface area contributed by atoms with Crippen LogP contribution in [0.3, 0.4) is 0 Å². The Kier molecular flexibility index (Phi) is 5.56. The highest BCUT2D eigenvalue weighted by molar-refractivity contribution is 8.14.